The van der Waals surface area contributed by atoms with Gasteiger partial charge in [0.05, 0.1) is 16.3 Å². The summed E-state index contributed by atoms with van der Waals surface area (Å²) in [5.41, 5.74) is 0.170. The average molecular weight is 338 g/mol. The van der Waals surface area contributed by atoms with Crippen LogP contribution in [-0.4, -0.2) is 21.1 Å². The Morgan fingerprint density at radius 1 is 1.09 bits per heavy atom. The highest BCUT2D eigenvalue weighted by molar-refractivity contribution is 7.94. The Labute approximate surface area is 130 Å². The lowest BCUT2D eigenvalue weighted by Gasteiger charge is -2.17. The van der Waals surface area contributed by atoms with Crippen molar-refractivity contribution in [2.45, 2.75) is 4.90 Å². The molecular weight excluding hydrogens is 330 g/mol. The Morgan fingerprint density at radius 2 is 1.77 bits per heavy atom. The third kappa shape index (κ3) is 1.66. The van der Waals surface area contributed by atoms with Crippen LogP contribution in [0.3, 0.4) is 0 Å². The molecule has 0 unspecified atom stereocenters. The van der Waals surface area contributed by atoms with Crippen LogP contribution in [-0.2, 0) is 10.0 Å². The van der Waals surface area contributed by atoms with Crippen molar-refractivity contribution in [1.82, 2.24) is 0 Å². The summed E-state index contributed by atoms with van der Waals surface area (Å²) in [6, 6.07) is 8.86. The Bertz CT molecular complexity index is 925. The number of carbonyl (C=O) groups is 1. The van der Waals surface area contributed by atoms with E-state index in [1.165, 1.54) is 24.3 Å². The zero-order chi connectivity index (χ0) is 15.5. The summed E-state index contributed by atoms with van der Waals surface area (Å²) in [5.74, 6) is 0.116. The Balaban J connectivity index is 1.94. The normalized spacial score (nSPS) is 17.7. The fourth-order valence-corrected chi connectivity index (χ4v) is 4.38. The van der Waals surface area contributed by atoms with Gasteiger partial charge in [-0.05, 0) is 12.1 Å². The minimum Gasteiger partial charge on any atom is -0.454 e. The molecule has 0 atom stereocenters. The van der Waals surface area contributed by atoms with E-state index in [0.717, 1.165) is 0 Å². The first-order chi connectivity index (χ1) is 10.5. The summed E-state index contributed by atoms with van der Waals surface area (Å²) in [5, 5.41) is 0.0916. The fourth-order valence-electron chi connectivity index (χ4n) is 2.49. The number of halogens is 1. The van der Waals surface area contributed by atoms with Gasteiger partial charge in [0, 0.05) is 12.1 Å². The summed E-state index contributed by atoms with van der Waals surface area (Å²) in [4.78, 5) is 12.4. The van der Waals surface area contributed by atoms with Crippen LogP contribution in [0.15, 0.2) is 41.3 Å². The van der Waals surface area contributed by atoms with Crippen molar-refractivity contribution in [3.05, 3.63) is 47.0 Å². The molecule has 0 fully saturated rings. The Morgan fingerprint density at radius 3 is 2.50 bits per heavy atom. The van der Waals surface area contributed by atoms with Gasteiger partial charge in [-0.15, -0.1) is 0 Å². The van der Waals surface area contributed by atoms with Crippen molar-refractivity contribution in [3.63, 3.8) is 0 Å². The molecule has 0 radical (unpaired) electrons. The number of ether oxygens (including phenoxy) is 2. The van der Waals surface area contributed by atoms with E-state index in [4.69, 9.17) is 21.1 Å². The summed E-state index contributed by atoms with van der Waals surface area (Å²) >= 11 is 6.13. The third-order valence-electron chi connectivity index (χ3n) is 3.48. The van der Waals surface area contributed by atoms with E-state index in [-0.39, 0.29) is 28.0 Å². The fraction of sp³-hybridized carbons (Fsp3) is 0.0714. The molecule has 22 heavy (non-hydrogen) atoms. The Hall–Kier alpha value is -2.25. The number of nitrogens with zero attached hydrogens (tertiary/aromatic N) is 1. The molecule has 4 rings (SSSR count). The van der Waals surface area contributed by atoms with Gasteiger partial charge < -0.3 is 9.47 Å². The minimum absolute atomic E-state index is 0.0238. The molecule has 6 nitrogen and oxygen atoms in total. The predicted octanol–water partition coefficient (Wildman–Crippen LogP) is 2.42. The number of carbonyl (C=O) groups excluding carboxylic acids is 1. The van der Waals surface area contributed by atoms with Crippen molar-refractivity contribution in [1.29, 1.82) is 0 Å². The molecule has 0 aliphatic carbocycles. The highest BCUT2D eigenvalue weighted by atomic mass is 35.5. The molecule has 2 aliphatic heterocycles. The maximum atomic E-state index is 12.6. The molecule has 2 aliphatic rings. The molecule has 0 saturated carbocycles. The predicted molar refractivity (Wildman–Crippen MR) is 78.0 cm³/mol. The number of hydrogen-bond donors (Lipinski definition) is 0. The van der Waals surface area contributed by atoms with Gasteiger partial charge in [-0.25, -0.2) is 8.42 Å². The topological polar surface area (TPSA) is 72.9 Å². The number of anilines is 1. The molecule has 2 aromatic carbocycles. The van der Waals surface area contributed by atoms with Gasteiger partial charge in [-0.3, -0.25) is 4.79 Å². The van der Waals surface area contributed by atoms with Crippen LogP contribution in [0.2, 0.25) is 5.02 Å². The summed E-state index contributed by atoms with van der Waals surface area (Å²) < 4.78 is 36.3. The quantitative estimate of drug-likeness (QED) is 0.799. The lowest BCUT2D eigenvalue weighted by molar-refractivity contribution is 0.101. The standard InChI is InChI=1S/C14H8ClNO5S/c15-9-5-11-12(21-7-20-11)6-10(9)16-14(17)8-3-1-2-4-13(8)22(16,18)19/h1-6H,7H2. The van der Waals surface area contributed by atoms with Crippen LogP contribution in [0.25, 0.3) is 0 Å². The van der Waals surface area contributed by atoms with Crippen LogP contribution < -0.4 is 13.8 Å². The van der Waals surface area contributed by atoms with Crippen LogP contribution >= 0.6 is 11.6 Å². The lowest BCUT2D eigenvalue weighted by atomic mass is 10.2. The molecule has 0 bridgehead atoms. The van der Waals surface area contributed by atoms with Crippen LogP contribution in [0.1, 0.15) is 10.4 Å². The van der Waals surface area contributed by atoms with Crippen molar-refractivity contribution in [3.8, 4) is 11.5 Å². The zero-order valence-electron chi connectivity index (χ0n) is 10.9. The van der Waals surface area contributed by atoms with Gasteiger partial charge in [-0.1, -0.05) is 23.7 Å². The molecule has 0 aromatic heterocycles. The maximum Gasteiger partial charge on any atom is 0.273 e. The maximum absolute atomic E-state index is 12.6. The number of sulfonamides is 1. The van der Waals surface area contributed by atoms with Crippen LogP contribution in [0.4, 0.5) is 5.69 Å². The molecular formula is C14H8ClNO5S. The molecule has 2 heterocycles. The van der Waals surface area contributed by atoms with Crippen LogP contribution in [0, 0.1) is 0 Å². The SMILES string of the molecule is O=C1c2ccccc2S(=O)(=O)N1c1cc2c(cc1Cl)OCO2. The Kier molecular flexibility index (Phi) is 2.67. The number of amides is 1. The molecule has 0 saturated heterocycles. The lowest BCUT2D eigenvalue weighted by Crippen LogP contribution is -2.29. The van der Waals surface area contributed by atoms with Gasteiger partial charge in [-0.2, -0.15) is 4.31 Å². The first kappa shape index (κ1) is 13.4. The van der Waals surface area contributed by atoms with Gasteiger partial charge >= 0.3 is 0 Å². The largest absolute Gasteiger partial charge is 0.454 e. The molecule has 2 aromatic rings. The first-order valence-corrected chi connectivity index (χ1v) is 8.10. The zero-order valence-corrected chi connectivity index (χ0v) is 12.5. The third-order valence-corrected chi connectivity index (χ3v) is 5.54. The smallest absolute Gasteiger partial charge is 0.273 e. The summed E-state index contributed by atoms with van der Waals surface area (Å²) in [6.45, 7) is 0.0238. The summed E-state index contributed by atoms with van der Waals surface area (Å²) in [7, 11) is -3.99. The number of hydrogen-bond acceptors (Lipinski definition) is 5. The van der Waals surface area contributed by atoms with E-state index in [1.54, 1.807) is 12.1 Å². The number of benzene rings is 2. The van der Waals surface area contributed by atoms with Gasteiger partial charge in [0.2, 0.25) is 6.79 Å². The van der Waals surface area contributed by atoms with E-state index in [0.29, 0.717) is 15.8 Å². The minimum atomic E-state index is -3.99. The summed E-state index contributed by atoms with van der Waals surface area (Å²) in [6.07, 6.45) is 0. The second kappa shape index (κ2) is 4.37. The number of rotatable bonds is 1. The van der Waals surface area contributed by atoms with Gasteiger partial charge in [0.25, 0.3) is 15.9 Å². The van der Waals surface area contributed by atoms with Crippen molar-refractivity contribution in [2.24, 2.45) is 0 Å². The molecule has 1 amide bonds. The monoisotopic (exact) mass is 337 g/mol. The van der Waals surface area contributed by atoms with E-state index < -0.39 is 15.9 Å². The van der Waals surface area contributed by atoms with E-state index in [9.17, 15) is 13.2 Å². The second-order valence-electron chi connectivity index (χ2n) is 4.73. The van der Waals surface area contributed by atoms with Gasteiger partial charge in [0.1, 0.15) is 4.90 Å². The molecule has 8 heteroatoms. The van der Waals surface area contributed by atoms with E-state index in [1.807, 2.05) is 0 Å². The van der Waals surface area contributed by atoms with E-state index in [2.05, 4.69) is 0 Å². The van der Waals surface area contributed by atoms with Crippen LogP contribution in [0.5, 0.6) is 11.5 Å². The average Bonchev–Trinajstić information content (AvgIpc) is 3.01. The van der Waals surface area contributed by atoms with E-state index >= 15 is 0 Å². The van der Waals surface area contributed by atoms with Crippen molar-refractivity contribution >= 4 is 33.2 Å². The highest BCUT2D eigenvalue weighted by Crippen LogP contribution is 2.44. The highest BCUT2D eigenvalue weighted by Gasteiger charge is 2.43. The van der Waals surface area contributed by atoms with Crippen molar-refractivity contribution < 1.29 is 22.7 Å². The molecule has 0 N–H and O–H groups in total. The van der Waals surface area contributed by atoms with Crippen molar-refractivity contribution in [2.75, 3.05) is 11.1 Å². The molecule has 112 valence electrons. The number of fused-ring (bicyclic) bond motifs is 2. The second-order valence-corrected chi connectivity index (χ2v) is 6.89. The van der Waals surface area contributed by atoms with Gasteiger partial charge in [0.15, 0.2) is 11.5 Å². The first-order valence-electron chi connectivity index (χ1n) is 6.28. The molecule has 0 spiro atoms.